The first-order valence-electron chi connectivity index (χ1n) is 24.6. The van der Waals surface area contributed by atoms with Crippen LogP contribution in [0.4, 0.5) is 0 Å². The molecule has 1 aliphatic heterocycles. The quantitative estimate of drug-likeness (QED) is 0.0608. The van der Waals surface area contributed by atoms with Crippen LogP contribution >= 0.6 is 11.3 Å². The van der Waals surface area contributed by atoms with E-state index in [0.717, 1.165) is 17.0 Å². The highest BCUT2D eigenvalue weighted by molar-refractivity contribution is 7.09. The number of amides is 6. The van der Waals surface area contributed by atoms with Gasteiger partial charge < -0.3 is 49.6 Å². The average Bonchev–Trinajstić information content (AvgIpc) is 4.06. The maximum atomic E-state index is 14.6. The lowest BCUT2D eigenvalue weighted by molar-refractivity contribution is -0.148. The monoisotopic (exact) mass is 1000 g/mol. The van der Waals surface area contributed by atoms with Crippen LogP contribution < -0.4 is 21.8 Å². The fourth-order valence-corrected chi connectivity index (χ4v) is 9.85. The van der Waals surface area contributed by atoms with Gasteiger partial charge in [0.1, 0.15) is 23.7 Å². The smallest absolute Gasteiger partial charge is 0.248 e. The molecule has 0 saturated carbocycles. The minimum atomic E-state index is -0.950. The van der Waals surface area contributed by atoms with Crippen LogP contribution in [0.25, 0.3) is 0 Å². The molecule has 0 bridgehead atoms. The summed E-state index contributed by atoms with van der Waals surface area (Å²) >= 11 is 1.49. The molecule has 9 atom stereocenters. The molecule has 5 N–H and O–H groups in total. The SMILES string of the molecule is CC[C@H](C)[C@@H]([C@@H](CC(=O)N1CCC[C@H]1[C@H](OC)[C@@H](C)C(=O)N[C@@H](Cc1ccccc1)c1nccs1)OC)N(C)C(=O)[C@@H](NC(=O)C(C(C)C)N(C)C(=O)CCOCCOCCNC(=O)CON)C(C)C. The van der Waals surface area contributed by atoms with E-state index in [1.54, 1.807) is 37.2 Å². The lowest BCUT2D eigenvalue weighted by Crippen LogP contribution is -2.60. The van der Waals surface area contributed by atoms with Gasteiger partial charge in [-0.05, 0) is 42.6 Å². The number of ether oxygens (including phenoxy) is 4. The minimum absolute atomic E-state index is 0.0211. The first-order chi connectivity index (χ1) is 33.4. The Kier molecular flexibility index (Phi) is 26.5. The van der Waals surface area contributed by atoms with Crippen LogP contribution in [-0.4, -0.2) is 166 Å². The van der Waals surface area contributed by atoms with Crippen molar-refractivity contribution in [3.8, 4) is 0 Å². The van der Waals surface area contributed by atoms with Crippen molar-refractivity contribution in [1.82, 2.24) is 35.6 Å². The van der Waals surface area contributed by atoms with Crippen LogP contribution in [0.3, 0.4) is 0 Å². The third kappa shape index (κ3) is 17.9. The predicted molar refractivity (Wildman–Crippen MR) is 267 cm³/mol. The number of hydrogen-bond donors (Lipinski definition) is 4. The molecule has 1 saturated heterocycles. The molecule has 19 nitrogen and oxygen atoms in total. The topological polar surface area (TPSA) is 233 Å². The Balaban J connectivity index is 1.68. The zero-order chi connectivity index (χ0) is 51.9. The van der Waals surface area contributed by atoms with E-state index in [9.17, 15) is 28.8 Å². The van der Waals surface area contributed by atoms with Gasteiger partial charge in [-0.3, -0.25) is 33.6 Å². The lowest BCUT2D eigenvalue weighted by atomic mass is 9.89. The van der Waals surface area contributed by atoms with Gasteiger partial charge in [0.2, 0.25) is 35.4 Å². The number of benzene rings is 1. The molecule has 1 unspecified atom stereocenters. The summed E-state index contributed by atoms with van der Waals surface area (Å²) in [6.45, 7) is 14.6. The van der Waals surface area contributed by atoms with Gasteiger partial charge >= 0.3 is 0 Å². The van der Waals surface area contributed by atoms with Crippen LogP contribution in [0.5, 0.6) is 0 Å². The van der Waals surface area contributed by atoms with Gasteiger partial charge in [-0.2, -0.15) is 0 Å². The maximum Gasteiger partial charge on any atom is 0.248 e. The van der Waals surface area contributed by atoms with E-state index >= 15 is 0 Å². The Hall–Kier alpha value is -4.57. The molecule has 1 aliphatic rings. The van der Waals surface area contributed by atoms with Crippen molar-refractivity contribution in [3.63, 3.8) is 0 Å². The van der Waals surface area contributed by atoms with E-state index in [0.29, 0.717) is 25.8 Å². The van der Waals surface area contributed by atoms with E-state index in [4.69, 9.17) is 24.8 Å². The van der Waals surface area contributed by atoms with Gasteiger partial charge in [0.15, 0.2) is 0 Å². The third-order valence-electron chi connectivity index (χ3n) is 13.2. The maximum absolute atomic E-state index is 14.6. The summed E-state index contributed by atoms with van der Waals surface area (Å²) in [7, 11) is 6.37. The molecular formula is C50H82N8O11S. The summed E-state index contributed by atoms with van der Waals surface area (Å²) in [6.07, 6.45) is 3.07. The van der Waals surface area contributed by atoms with E-state index in [-0.39, 0.29) is 112 Å². The number of carbonyl (C=O) groups is 6. The van der Waals surface area contributed by atoms with Gasteiger partial charge in [-0.1, -0.05) is 85.2 Å². The molecular weight excluding hydrogens is 921 g/mol. The molecule has 3 rings (SSSR count). The van der Waals surface area contributed by atoms with Crippen molar-refractivity contribution >= 4 is 46.8 Å². The summed E-state index contributed by atoms with van der Waals surface area (Å²) in [5, 5.41) is 11.5. The van der Waals surface area contributed by atoms with Crippen molar-refractivity contribution in [2.45, 2.75) is 129 Å². The van der Waals surface area contributed by atoms with Crippen LogP contribution in [0.2, 0.25) is 0 Å². The summed E-state index contributed by atoms with van der Waals surface area (Å²) in [6, 6.07) is 6.86. The van der Waals surface area contributed by atoms with E-state index in [1.807, 2.05) is 84.2 Å². The second-order valence-electron chi connectivity index (χ2n) is 18.8. The molecule has 2 heterocycles. The van der Waals surface area contributed by atoms with Crippen molar-refractivity contribution in [1.29, 1.82) is 0 Å². The van der Waals surface area contributed by atoms with Gasteiger partial charge in [0.05, 0.1) is 75.5 Å². The number of rotatable bonds is 32. The molecule has 1 aromatic carbocycles. The Labute approximate surface area is 419 Å². The van der Waals surface area contributed by atoms with E-state index in [1.165, 1.54) is 23.3 Å². The molecule has 2 aromatic rings. The number of likely N-dealkylation sites (N-methyl/N-ethyl adjacent to an activating group) is 2. The number of carbonyl (C=O) groups excluding carboxylic acids is 6. The molecule has 6 amide bonds. The van der Waals surface area contributed by atoms with Crippen molar-refractivity contribution in [3.05, 3.63) is 52.5 Å². The summed E-state index contributed by atoms with van der Waals surface area (Å²) < 4.78 is 23.2. The second kappa shape index (κ2) is 31.0. The highest BCUT2D eigenvalue weighted by atomic mass is 32.1. The molecule has 0 aliphatic carbocycles. The second-order valence-corrected chi connectivity index (χ2v) is 19.7. The number of nitrogens with one attached hydrogen (secondary N) is 3. The Bertz CT molecular complexity index is 1890. The number of nitrogens with zero attached hydrogens (tertiary/aromatic N) is 4. The fourth-order valence-electron chi connectivity index (χ4n) is 9.17. The van der Waals surface area contributed by atoms with Crippen molar-refractivity contribution < 1.29 is 52.6 Å². The van der Waals surface area contributed by atoms with Crippen LogP contribution in [0.1, 0.15) is 97.2 Å². The highest BCUT2D eigenvalue weighted by Crippen LogP contribution is 2.31. The number of methoxy groups -OCH3 is 2. The van der Waals surface area contributed by atoms with E-state index in [2.05, 4.69) is 25.8 Å². The Morgan fingerprint density at radius 3 is 2.16 bits per heavy atom. The summed E-state index contributed by atoms with van der Waals surface area (Å²) in [5.41, 5.74) is 1.07. The molecule has 70 heavy (non-hydrogen) atoms. The lowest BCUT2D eigenvalue weighted by Gasteiger charge is -2.41. The Morgan fingerprint density at radius 2 is 1.57 bits per heavy atom. The van der Waals surface area contributed by atoms with Crippen molar-refractivity contribution in [2.24, 2.45) is 29.6 Å². The van der Waals surface area contributed by atoms with E-state index < -0.39 is 42.2 Å². The predicted octanol–water partition coefficient (Wildman–Crippen LogP) is 3.52. The number of thiazole rings is 1. The first-order valence-corrected chi connectivity index (χ1v) is 25.4. The number of aromatic nitrogens is 1. The number of likely N-dealkylation sites (tertiary alicyclic amines) is 1. The average molecular weight is 1000 g/mol. The minimum Gasteiger partial charge on any atom is -0.379 e. The molecule has 1 aromatic heterocycles. The number of nitrogens with two attached hydrogens (primary N) is 1. The van der Waals surface area contributed by atoms with Gasteiger partial charge in [-0.15, -0.1) is 11.3 Å². The van der Waals surface area contributed by atoms with Crippen LogP contribution in [0.15, 0.2) is 41.9 Å². The van der Waals surface area contributed by atoms with Gasteiger partial charge in [0.25, 0.3) is 0 Å². The van der Waals surface area contributed by atoms with Gasteiger partial charge in [-0.25, -0.2) is 10.9 Å². The molecule has 0 radical (unpaired) electrons. The van der Waals surface area contributed by atoms with Crippen LogP contribution in [-0.2, 0) is 59.0 Å². The Morgan fingerprint density at radius 1 is 0.886 bits per heavy atom. The zero-order valence-corrected chi connectivity index (χ0v) is 44.2. The van der Waals surface area contributed by atoms with Crippen LogP contribution in [0, 0.1) is 23.7 Å². The number of hydrogen-bond acceptors (Lipinski definition) is 14. The highest BCUT2D eigenvalue weighted by Gasteiger charge is 2.43. The standard InChI is InChI=1S/C50H82N8O11S/c1-12-34(6)45(57(9)50(64)43(32(2)3)55-48(63)44(33(4)5)56(8)41(60)20-24-67-26-27-68-25-21-52-40(59)31-69-51)39(65-10)30-42(61)58-23-16-19-38(58)46(66-11)35(7)47(62)54-37(49-53-22-28-70-49)29-36-17-14-13-15-18-36/h13-15,17-18,22,28,32-35,37-39,43-46H,12,16,19-21,23-27,29-31,51H2,1-11H3,(H,52,59)(H,54,62)(H,55,63)/t34-,35+,37-,38-,39+,43-,44?,45-,46+/m0/s1. The molecule has 1 fully saturated rings. The largest absolute Gasteiger partial charge is 0.379 e. The van der Waals surface area contributed by atoms with Crippen molar-refractivity contribution in [2.75, 3.05) is 74.4 Å². The summed E-state index contributed by atoms with van der Waals surface area (Å²) in [4.78, 5) is 95.5. The zero-order valence-electron chi connectivity index (χ0n) is 43.3. The normalized spacial score (nSPS) is 17.2. The summed E-state index contributed by atoms with van der Waals surface area (Å²) in [5.74, 6) is 1.73. The van der Waals surface area contributed by atoms with Gasteiger partial charge in [0, 0.05) is 53.0 Å². The molecule has 394 valence electrons. The fraction of sp³-hybridized carbons (Fsp3) is 0.700. The third-order valence-corrected chi connectivity index (χ3v) is 14.1. The molecule has 20 heteroatoms. The first kappa shape index (κ1) is 59.7. The molecule has 0 spiro atoms.